The van der Waals surface area contributed by atoms with Crippen LogP contribution in [0.2, 0.25) is 0 Å². The van der Waals surface area contributed by atoms with Crippen LogP contribution in [-0.4, -0.2) is 17.8 Å². The lowest BCUT2D eigenvalue weighted by Crippen LogP contribution is -2.01. The summed E-state index contributed by atoms with van der Waals surface area (Å²) in [5, 5.41) is 16.0. The van der Waals surface area contributed by atoms with E-state index in [0.29, 0.717) is 5.01 Å². The number of aromatic nitrogens is 1. The Morgan fingerprint density at radius 2 is 2.08 bits per heavy atom. The maximum Gasteiger partial charge on any atom is 0.196 e. The number of methoxy groups -OCH3 is 1. The number of benzene rings is 2. The van der Waals surface area contributed by atoms with Crippen molar-refractivity contribution in [1.82, 2.24) is 4.98 Å². The van der Waals surface area contributed by atoms with Crippen LogP contribution in [0.3, 0.4) is 0 Å². The Kier molecular flexibility index (Phi) is 5.43. The van der Waals surface area contributed by atoms with Gasteiger partial charge in [-0.2, -0.15) is 10.4 Å². The standard InChI is InChI=1S/C18H13BrN4OS/c1-24-15-4-2-3-12(9-15)17-11-25-18(21-17)16(10-20)23-22-14-7-5-13(19)6-8-14/h2-9,11,22H,1H3/b23-16-. The van der Waals surface area contributed by atoms with Crippen LogP contribution in [0.15, 0.2) is 63.5 Å². The molecule has 0 bridgehead atoms. The summed E-state index contributed by atoms with van der Waals surface area (Å²) in [5.41, 5.74) is 5.62. The van der Waals surface area contributed by atoms with Gasteiger partial charge in [0, 0.05) is 15.4 Å². The van der Waals surface area contributed by atoms with Crippen molar-refractivity contribution in [2.75, 3.05) is 12.5 Å². The molecule has 0 unspecified atom stereocenters. The highest BCUT2D eigenvalue weighted by atomic mass is 79.9. The van der Waals surface area contributed by atoms with Crippen LogP contribution in [0, 0.1) is 11.3 Å². The molecule has 7 heteroatoms. The Hall–Kier alpha value is -2.69. The molecule has 0 aliphatic rings. The Labute approximate surface area is 157 Å². The maximum absolute atomic E-state index is 9.38. The van der Waals surface area contributed by atoms with Crippen molar-refractivity contribution in [3.63, 3.8) is 0 Å². The first-order valence-corrected chi connectivity index (χ1v) is 8.96. The van der Waals surface area contributed by atoms with Crippen molar-refractivity contribution in [3.8, 4) is 23.1 Å². The molecule has 0 aliphatic heterocycles. The van der Waals surface area contributed by atoms with E-state index in [-0.39, 0.29) is 5.71 Å². The summed E-state index contributed by atoms with van der Waals surface area (Å²) in [6, 6.07) is 17.3. The predicted molar refractivity (Wildman–Crippen MR) is 104 cm³/mol. The summed E-state index contributed by atoms with van der Waals surface area (Å²) in [4.78, 5) is 4.52. The second-order valence-corrected chi connectivity index (χ2v) is 6.73. The van der Waals surface area contributed by atoms with E-state index in [2.05, 4.69) is 37.5 Å². The summed E-state index contributed by atoms with van der Waals surface area (Å²) in [6.07, 6.45) is 0. The average Bonchev–Trinajstić information content (AvgIpc) is 3.14. The first-order chi connectivity index (χ1) is 12.2. The minimum atomic E-state index is 0.238. The van der Waals surface area contributed by atoms with Gasteiger partial charge in [0.2, 0.25) is 0 Å². The zero-order chi connectivity index (χ0) is 17.6. The molecule has 0 radical (unpaired) electrons. The molecule has 1 aromatic heterocycles. The molecule has 0 fully saturated rings. The zero-order valence-corrected chi connectivity index (χ0v) is 15.6. The van der Waals surface area contributed by atoms with Gasteiger partial charge in [0.25, 0.3) is 0 Å². The van der Waals surface area contributed by atoms with E-state index in [9.17, 15) is 5.26 Å². The molecule has 3 aromatic rings. The molecule has 1 N–H and O–H groups in total. The third kappa shape index (κ3) is 4.24. The largest absolute Gasteiger partial charge is 0.497 e. The monoisotopic (exact) mass is 412 g/mol. The lowest BCUT2D eigenvalue weighted by Gasteiger charge is -2.01. The highest BCUT2D eigenvalue weighted by Gasteiger charge is 2.11. The number of nitriles is 1. The van der Waals surface area contributed by atoms with Crippen LogP contribution < -0.4 is 10.2 Å². The average molecular weight is 413 g/mol. The molecule has 1 heterocycles. The molecule has 2 aromatic carbocycles. The minimum absolute atomic E-state index is 0.238. The fourth-order valence-corrected chi connectivity index (χ4v) is 3.09. The van der Waals surface area contributed by atoms with Gasteiger partial charge in [-0.25, -0.2) is 4.98 Å². The number of ether oxygens (including phenoxy) is 1. The van der Waals surface area contributed by atoms with Gasteiger partial charge in [-0.1, -0.05) is 28.1 Å². The number of anilines is 1. The molecule has 0 spiro atoms. The summed E-state index contributed by atoms with van der Waals surface area (Å²) in [6.45, 7) is 0. The number of hydrazone groups is 1. The van der Waals surface area contributed by atoms with Gasteiger partial charge in [-0.05, 0) is 36.4 Å². The molecule has 5 nitrogen and oxygen atoms in total. The SMILES string of the molecule is COc1cccc(-c2csc(/C(C#N)=N\Nc3ccc(Br)cc3)n2)c1. The van der Waals surface area contributed by atoms with E-state index in [0.717, 1.165) is 27.2 Å². The van der Waals surface area contributed by atoms with E-state index in [1.807, 2.05) is 53.9 Å². The van der Waals surface area contributed by atoms with E-state index >= 15 is 0 Å². The lowest BCUT2D eigenvalue weighted by atomic mass is 10.2. The molecule has 0 aliphatic carbocycles. The van der Waals surface area contributed by atoms with Crippen LogP contribution in [-0.2, 0) is 0 Å². The van der Waals surface area contributed by atoms with Crippen molar-refractivity contribution < 1.29 is 4.74 Å². The Bertz CT molecular complexity index is 944. The summed E-state index contributed by atoms with van der Waals surface area (Å²) < 4.78 is 6.21. The van der Waals surface area contributed by atoms with Gasteiger partial charge in [0.1, 0.15) is 11.8 Å². The van der Waals surface area contributed by atoms with Gasteiger partial charge in [0.05, 0.1) is 18.5 Å². The number of hydrogen-bond donors (Lipinski definition) is 1. The fourth-order valence-electron chi connectivity index (χ4n) is 2.06. The summed E-state index contributed by atoms with van der Waals surface area (Å²) in [7, 11) is 1.62. The van der Waals surface area contributed by atoms with Gasteiger partial charge in [0.15, 0.2) is 10.7 Å². The van der Waals surface area contributed by atoms with Crippen LogP contribution in [0.5, 0.6) is 5.75 Å². The van der Waals surface area contributed by atoms with Crippen molar-refractivity contribution in [2.24, 2.45) is 5.10 Å². The lowest BCUT2D eigenvalue weighted by molar-refractivity contribution is 0.415. The summed E-state index contributed by atoms with van der Waals surface area (Å²) >= 11 is 4.75. The van der Waals surface area contributed by atoms with Crippen LogP contribution in [0.25, 0.3) is 11.3 Å². The number of halogens is 1. The molecule has 0 saturated carbocycles. The second kappa shape index (κ2) is 7.92. The van der Waals surface area contributed by atoms with Crippen LogP contribution in [0.1, 0.15) is 5.01 Å². The van der Waals surface area contributed by atoms with Crippen molar-refractivity contribution >= 4 is 38.7 Å². The van der Waals surface area contributed by atoms with E-state index in [1.165, 1.54) is 11.3 Å². The Morgan fingerprint density at radius 1 is 1.28 bits per heavy atom. The third-order valence-corrected chi connectivity index (χ3v) is 4.70. The molecule has 25 heavy (non-hydrogen) atoms. The molecule has 0 atom stereocenters. The van der Waals surface area contributed by atoms with Gasteiger partial charge < -0.3 is 4.74 Å². The number of nitrogens with one attached hydrogen (secondary N) is 1. The molecular formula is C18H13BrN4OS. The topological polar surface area (TPSA) is 70.3 Å². The second-order valence-electron chi connectivity index (χ2n) is 4.96. The van der Waals surface area contributed by atoms with E-state index in [4.69, 9.17) is 4.74 Å². The van der Waals surface area contributed by atoms with Crippen molar-refractivity contribution in [2.45, 2.75) is 0 Å². The van der Waals surface area contributed by atoms with E-state index in [1.54, 1.807) is 7.11 Å². The number of thiazole rings is 1. The third-order valence-electron chi connectivity index (χ3n) is 3.32. The number of rotatable bonds is 5. The number of nitrogens with zero attached hydrogens (tertiary/aromatic N) is 3. The Morgan fingerprint density at radius 3 is 2.80 bits per heavy atom. The number of hydrogen-bond acceptors (Lipinski definition) is 6. The summed E-state index contributed by atoms with van der Waals surface area (Å²) in [5.74, 6) is 0.762. The van der Waals surface area contributed by atoms with E-state index < -0.39 is 0 Å². The van der Waals surface area contributed by atoms with Gasteiger partial charge in [-0.3, -0.25) is 5.43 Å². The van der Waals surface area contributed by atoms with Crippen molar-refractivity contribution in [1.29, 1.82) is 5.26 Å². The highest BCUT2D eigenvalue weighted by molar-refractivity contribution is 9.10. The first kappa shape index (κ1) is 17.1. The zero-order valence-electron chi connectivity index (χ0n) is 13.2. The minimum Gasteiger partial charge on any atom is -0.497 e. The molecule has 0 saturated heterocycles. The molecular weight excluding hydrogens is 400 g/mol. The maximum atomic E-state index is 9.38. The Balaban J connectivity index is 1.82. The van der Waals surface area contributed by atoms with Crippen LogP contribution in [0.4, 0.5) is 5.69 Å². The smallest absolute Gasteiger partial charge is 0.196 e. The predicted octanol–water partition coefficient (Wildman–Crippen LogP) is 4.92. The fraction of sp³-hybridized carbons (Fsp3) is 0.0556. The van der Waals surface area contributed by atoms with Gasteiger partial charge in [-0.15, -0.1) is 11.3 Å². The molecule has 124 valence electrons. The quantitative estimate of drug-likeness (QED) is 0.476. The molecule has 3 rings (SSSR count). The first-order valence-electron chi connectivity index (χ1n) is 7.29. The van der Waals surface area contributed by atoms with Crippen LogP contribution >= 0.6 is 27.3 Å². The molecule has 0 amide bonds. The normalized spacial score (nSPS) is 11.0. The van der Waals surface area contributed by atoms with Gasteiger partial charge >= 0.3 is 0 Å². The highest BCUT2D eigenvalue weighted by Crippen LogP contribution is 2.25. The van der Waals surface area contributed by atoms with Crippen molar-refractivity contribution in [3.05, 3.63) is 63.4 Å².